The predicted octanol–water partition coefficient (Wildman–Crippen LogP) is 1.97. The second-order valence-corrected chi connectivity index (χ2v) is 8.21. The van der Waals surface area contributed by atoms with Crippen LogP contribution in [0.15, 0.2) is 18.2 Å². The van der Waals surface area contributed by atoms with Gasteiger partial charge in [-0.05, 0) is 58.2 Å². The quantitative estimate of drug-likeness (QED) is 0.377. The van der Waals surface area contributed by atoms with Gasteiger partial charge in [-0.2, -0.15) is 0 Å². The summed E-state index contributed by atoms with van der Waals surface area (Å²) in [5.41, 5.74) is 1.21. The molecule has 0 saturated carbocycles. The van der Waals surface area contributed by atoms with Crippen molar-refractivity contribution in [2.24, 2.45) is 0 Å². The minimum Gasteiger partial charge on any atom is -0.468 e. The van der Waals surface area contributed by atoms with E-state index in [1.807, 2.05) is 6.07 Å². The van der Waals surface area contributed by atoms with Crippen molar-refractivity contribution in [1.82, 2.24) is 15.5 Å². The van der Waals surface area contributed by atoms with Crippen molar-refractivity contribution in [3.8, 4) is 12.5 Å². The zero-order chi connectivity index (χ0) is 24.6. The number of hydrogen-bond acceptors (Lipinski definition) is 6. The summed E-state index contributed by atoms with van der Waals surface area (Å²) in [4.78, 5) is 50.7. The number of hydrogen-bond donors (Lipinski definition) is 2. The van der Waals surface area contributed by atoms with E-state index in [2.05, 4.69) is 21.4 Å². The molecule has 0 fully saturated rings. The molecule has 2 atom stereocenters. The van der Waals surface area contributed by atoms with Crippen molar-refractivity contribution in [2.45, 2.75) is 59.2 Å². The van der Waals surface area contributed by atoms with Gasteiger partial charge in [-0.3, -0.25) is 19.3 Å². The van der Waals surface area contributed by atoms with E-state index < -0.39 is 48.1 Å². The fraction of sp³-hybridized carbons (Fsp3) is 0.478. The summed E-state index contributed by atoms with van der Waals surface area (Å²) in [6.07, 6.45) is 4.84. The van der Waals surface area contributed by atoms with Gasteiger partial charge in [0.25, 0.3) is 5.91 Å². The molecule has 9 nitrogen and oxygen atoms in total. The molecule has 0 aromatic heterocycles. The minimum absolute atomic E-state index is 0.394. The van der Waals surface area contributed by atoms with Crippen molar-refractivity contribution >= 4 is 23.9 Å². The van der Waals surface area contributed by atoms with Gasteiger partial charge in [0.15, 0.2) is 0 Å². The number of ether oxygens (including phenoxy) is 2. The topological polar surface area (TPSA) is 114 Å². The third kappa shape index (κ3) is 7.30. The van der Waals surface area contributed by atoms with Crippen LogP contribution in [-0.4, -0.2) is 54.1 Å². The Hall–Kier alpha value is -3.54. The lowest BCUT2D eigenvalue weighted by Gasteiger charge is -2.30. The Kier molecular flexibility index (Phi) is 9.26. The molecule has 0 bridgehead atoms. The zero-order valence-corrected chi connectivity index (χ0v) is 19.6. The number of methoxy groups -OCH3 is 1. The molecule has 3 amide bonds. The van der Waals surface area contributed by atoms with Crippen LogP contribution in [0.3, 0.4) is 0 Å². The van der Waals surface area contributed by atoms with Crippen LogP contribution >= 0.6 is 0 Å². The monoisotopic (exact) mass is 445 g/mol. The van der Waals surface area contributed by atoms with Crippen LogP contribution in [0.1, 0.15) is 50.4 Å². The highest BCUT2D eigenvalue weighted by Gasteiger charge is 2.35. The van der Waals surface area contributed by atoms with Crippen molar-refractivity contribution in [1.29, 1.82) is 0 Å². The van der Waals surface area contributed by atoms with Crippen LogP contribution in [0.25, 0.3) is 0 Å². The largest absolute Gasteiger partial charge is 0.468 e. The third-order valence-corrected chi connectivity index (χ3v) is 4.44. The van der Waals surface area contributed by atoms with Gasteiger partial charge < -0.3 is 20.1 Å². The fourth-order valence-corrected chi connectivity index (χ4v) is 2.98. The first-order valence-corrected chi connectivity index (χ1v) is 10.0. The molecule has 0 aliphatic carbocycles. The Morgan fingerprint density at radius 2 is 1.72 bits per heavy atom. The standard InChI is InChI=1S/C23H31N3O6/c1-9-26(21(29)16(4)25-22(30)32-23(5,6)7)19(20(28)24-13-17(27)31-8)18-14(2)11-10-12-15(18)3/h1,10-12,16,19H,13H2,2-8H3,(H,24,28)(H,25,30). The maximum Gasteiger partial charge on any atom is 0.408 e. The molecular weight excluding hydrogens is 414 g/mol. The normalized spacial score (nSPS) is 12.6. The number of nitrogens with one attached hydrogen (secondary N) is 2. The number of terminal acetylenes is 1. The van der Waals surface area contributed by atoms with Crippen LogP contribution in [0.2, 0.25) is 0 Å². The molecule has 1 aromatic carbocycles. The smallest absolute Gasteiger partial charge is 0.408 e. The number of benzene rings is 1. The summed E-state index contributed by atoms with van der Waals surface area (Å²) in [5.74, 6) is -2.01. The lowest BCUT2D eigenvalue weighted by atomic mass is 9.94. The highest BCUT2D eigenvalue weighted by Crippen LogP contribution is 2.28. The van der Waals surface area contributed by atoms with Gasteiger partial charge in [0.1, 0.15) is 24.2 Å². The highest BCUT2D eigenvalue weighted by molar-refractivity contribution is 5.94. The molecule has 2 unspecified atom stereocenters. The number of nitrogens with zero attached hydrogens (tertiary/aromatic N) is 1. The Bertz CT molecular complexity index is 893. The molecule has 0 heterocycles. The average Bonchev–Trinajstić information content (AvgIpc) is 2.68. The Labute approximate surface area is 188 Å². The lowest BCUT2D eigenvalue weighted by molar-refractivity contribution is -0.142. The molecule has 0 aliphatic heterocycles. The summed E-state index contributed by atoms with van der Waals surface area (Å²) >= 11 is 0. The van der Waals surface area contributed by atoms with E-state index in [0.29, 0.717) is 5.56 Å². The molecule has 0 spiro atoms. The second kappa shape index (κ2) is 11.2. The number of alkyl carbamates (subject to hydrolysis) is 1. The number of amides is 3. The molecule has 174 valence electrons. The van der Waals surface area contributed by atoms with Crippen molar-refractivity contribution in [3.63, 3.8) is 0 Å². The molecule has 2 N–H and O–H groups in total. The van der Waals surface area contributed by atoms with E-state index in [-0.39, 0.29) is 0 Å². The van der Waals surface area contributed by atoms with E-state index >= 15 is 0 Å². The SMILES string of the molecule is C#CN(C(=O)C(C)NC(=O)OC(C)(C)C)C(C(=O)NCC(=O)OC)c1c(C)cccc1C. The van der Waals surface area contributed by atoms with Crippen LogP contribution in [0, 0.1) is 26.3 Å². The van der Waals surface area contributed by atoms with E-state index in [4.69, 9.17) is 11.2 Å². The van der Waals surface area contributed by atoms with E-state index in [1.54, 1.807) is 46.8 Å². The van der Waals surface area contributed by atoms with Gasteiger partial charge in [-0.15, -0.1) is 0 Å². The lowest BCUT2D eigenvalue weighted by Crippen LogP contribution is -2.50. The fourth-order valence-electron chi connectivity index (χ4n) is 2.98. The van der Waals surface area contributed by atoms with Gasteiger partial charge in [-0.25, -0.2) is 4.79 Å². The molecular formula is C23H31N3O6. The zero-order valence-electron chi connectivity index (χ0n) is 19.6. The van der Waals surface area contributed by atoms with Gasteiger partial charge in [0.05, 0.1) is 7.11 Å². The summed E-state index contributed by atoms with van der Waals surface area (Å²) < 4.78 is 9.73. The Morgan fingerprint density at radius 1 is 1.16 bits per heavy atom. The van der Waals surface area contributed by atoms with E-state index in [0.717, 1.165) is 16.0 Å². The van der Waals surface area contributed by atoms with Crippen LogP contribution < -0.4 is 10.6 Å². The van der Waals surface area contributed by atoms with E-state index in [1.165, 1.54) is 14.0 Å². The maximum atomic E-state index is 13.2. The predicted molar refractivity (Wildman–Crippen MR) is 118 cm³/mol. The number of carbonyl (C=O) groups excluding carboxylic acids is 4. The molecule has 1 aromatic rings. The first-order valence-electron chi connectivity index (χ1n) is 10.0. The first-order chi connectivity index (χ1) is 14.8. The van der Waals surface area contributed by atoms with Crippen LogP contribution in [0.5, 0.6) is 0 Å². The van der Waals surface area contributed by atoms with Crippen LogP contribution in [-0.2, 0) is 23.9 Å². The Balaban J connectivity index is 3.29. The van der Waals surface area contributed by atoms with Gasteiger partial charge >= 0.3 is 12.1 Å². The summed E-state index contributed by atoms with van der Waals surface area (Å²) in [6.45, 7) is 9.68. The number of rotatable bonds is 7. The average molecular weight is 446 g/mol. The van der Waals surface area contributed by atoms with Crippen molar-refractivity contribution in [2.75, 3.05) is 13.7 Å². The minimum atomic E-state index is -1.23. The first kappa shape index (κ1) is 26.5. The van der Waals surface area contributed by atoms with Gasteiger partial charge in [-0.1, -0.05) is 24.6 Å². The van der Waals surface area contributed by atoms with Gasteiger partial charge in [0.2, 0.25) is 5.91 Å². The Morgan fingerprint density at radius 3 is 2.19 bits per heavy atom. The number of esters is 1. The molecule has 1 rings (SSSR count). The number of carbonyl (C=O) groups is 4. The maximum absolute atomic E-state index is 13.2. The van der Waals surface area contributed by atoms with Crippen molar-refractivity contribution < 1.29 is 28.7 Å². The van der Waals surface area contributed by atoms with Crippen molar-refractivity contribution in [3.05, 3.63) is 34.9 Å². The van der Waals surface area contributed by atoms with Gasteiger partial charge in [0, 0.05) is 6.04 Å². The third-order valence-electron chi connectivity index (χ3n) is 4.44. The molecule has 0 saturated heterocycles. The highest BCUT2D eigenvalue weighted by atomic mass is 16.6. The number of aryl methyl sites for hydroxylation is 2. The summed E-state index contributed by atoms with van der Waals surface area (Å²) in [6, 6.07) is 5.31. The molecule has 0 radical (unpaired) electrons. The molecule has 9 heteroatoms. The molecule has 0 aliphatic rings. The second-order valence-electron chi connectivity index (χ2n) is 8.21. The van der Waals surface area contributed by atoms with E-state index in [9.17, 15) is 19.2 Å². The van der Waals surface area contributed by atoms with Crippen LogP contribution in [0.4, 0.5) is 4.79 Å². The molecule has 32 heavy (non-hydrogen) atoms. The summed E-state index contributed by atoms with van der Waals surface area (Å²) in [5, 5.41) is 4.88. The summed E-state index contributed by atoms with van der Waals surface area (Å²) in [7, 11) is 1.19.